The second-order valence-electron chi connectivity index (χ2n) is 5.87. The highest BCUT2D eigenvalue weighted by Gasteiger charge is 2.46. The van der Waals surface area contributed by atoms with Crippen molar-refractivity contribution in [3.05, 3.63) is 0 Å². The summed E-state index contributed by atoms with van der Waals surface area (Å²) in [6.45, 7) is 8.85. The van der Waals surface area contributed by atoms with Gasteiger partial charge in [-0.05, 0) is 44.3 Å². The van der Waals surface area contributed by atoms with Crippen molar-refractivity contribution in [2.75, 3.05) is 33.2 Å². The van der Waals surface area contributed by atoms with Crippen molar-refractivity contribution in [3.8, 4) is 0 Å². The Bertz CT molecular complexity index is 214. The molecular formula is C12H24N2O. The van der Waals surface area contributed by atoms with E-state index in [9.17, 15) is 5.11 Å². The number of rotatable bonds is 2. The summed E-state index contributed by atoms with van der Waals surface area (Å²) in [6, 6.07) is 0. The summed E-state index contributed by atoms with van der Waals surface area (Å²) in [5.74, 6) is 0.355. The molecule has 0 bridgehead atoms. The summed E-state index contributed by atoms with van der Waals surface area (Å²) in [7, 11) is 2.20. The summed E-state index contributed by atoms with van der Waals surface area (Å²) < 4.78 is 0. The van der Waals surface area contributed by atoms with E-state index in [0.717, 1.165) is 13.1 Å². The second-order valence-corrected chi connectivity index (χ2v) is 5.87. The lowest BCUT2D eigenvalue weighted by molar-refractivity contribution is -0.144. The van der Waals surface area contributed by atoms with E-state index in [2.05, 4.69) is 30.7 Å². The van der Waals surface area contributed by atoms with E-state index in [1.165, 1.54) is 25.9 Å². The number of piperidine rings is 1. The number of likely N-dealkylation sites (tertiary alicyclic amines) is 2. The maximum absolute atomic E-state index is 9.93. The lowest BCUT2D eigenvalue weighted by Crippen LogP contribution is -2.63. The van der Waals surface area contributed by atoms with Crippen LogP contribution in [-0.2, 0) is 0 Å². The molecule has 1 unspecified atom stereocenters. The van der Waals surface area contributed by atoms with Gasteiger partial charge in [-0.1, -0.05) is 13.8 Å². The predicted molar refractivity (Wildman–Crippen MR) is 61.6 cm³/mol. The van der Waals surface area contributed by atoms with Gasteiger partial charge in [-0.25, -0.2) is 0 Å². The molecule has 0 radical (unpaired) electrons. The summed E-state index contributed by atoms with van der Waals surface area (Å²) >= 11 is 0. The van der Waals surface area contributed by atoms with E-state index < -0.39 is 0 Å². The van der Waals surface area contributed by atoms with Gasteiger partial charge in [0.15, 0.2) is 0 Å². The molecule has 1 spiro atoms. The molecule has 0 amide bonds. The van der Waals surface area contributed by atoms with Crippen LogP contribution in [-0.4, -0.2) is 54.4 Å². The Morgan fingerprint density at radius 3 is 2.13 bits per heavy atom. The molecule has 2 aliphatic rings. The first-order chi connectivity index (χ1) is 7.02. The normalized spacial score (nSPS) is 29.4. The van der Waals surface area contributed by atoms with Crippen molar-refractivity contribution in [2.24, 2.45) is 11.3 Å². The van der Waals surface area contributed by atoms with Crippen LogP contribution in [0.2, 0.25) is 0 Å². The molecular weight excluding hydrogens is 188 g/mol. The van der Waals surface area contributed by atoms with Crippen molar-refractivity contribution in [3.63, 3.8) is 0 Å². The third kappa shape index (κ3) is 2.19. The smallest absolute Gasteiger partial charge is 0.109 e. The van der Waals surface area contributed by atoms with Crippen LogP contribution in [0.1, 0.15) is 26.7 Å². The molecule has 2 rings (SSSR count). The van der Waals surface area contributed by atoms with Crippen LogP contribution < -0.4 is 0 Å². The number of aliphatic hydroxyl groups excluding tert-OH is 1. The minimum absolute atomic E-state index is 0.227. The maximum Gasteiger partial charge on any atom is 0.109 e. The first-order valence-corrected chi connectivity index (χ1v) is 6.13. The van der Waals surface area contributed by atoms with Crippen molar-refractivity contribution in [1.82, 2.24) is 9.80 Å². The zero-order chi connectivity index (χ0) is 11.1. The highest BCUT2D eigenvalue weighted by molar-refractivity contribution is 4.98. The Morgan fingerprint density at radius 1 is 1.13 bits per heavy atom. The standard InChI is InChI=1S/C12H24N2O/c1-10(2)11(15)14-8-12(9-14)4-6-13(3)7-5-12/h10-11,15H,4-9H2,1-3H3. The van der Waals surface area contributed by atoms with Gasteiger partial charge in [0.1, 0.15) is 6.23 Å². The fraction of sp³-hybridized carbons (Fsp3) is 1.00. The Balaban J connectivity index is 1.82. The van der Waals surface area contributed by atoms with Crippen LogP contribution >= 0.6 is 0 Å². The van der Waals surface area contributed by atoms with E-state index in [1.54, 1.807) is 0 Å². The summed E-state index contributed by atoms with van der Waals surface area (Å²) in [4.78, 5) is 4.64. The van der Waals surface area contributed by atoms with Crippen molar-refractivity contribution in [2.45, 2.75) is 32.9 Å². The van der Waals surface area contributed by atoms with Crippen LogP contribution in [0.4, 0.5) is 0 Å². The molecule has 3 heteroatoms. The van der Waals surface area contributed by atoms with E-state index >= 15 is 0 Å². The maximum atomic E-state index is 9.93. The van der Waals surface area contributed by atoms with E-state index in [4.69, 9.17) is 0 Å². The molecule has 1 atom stereocenters. The van der Waals surface area contributed by atoms with Gasteiger partial charge in [-0.15, -0.1) is 0 Å². The Morgan fingerprint density at radius 2 is 1.67 bits per heavy atom. The molecule has 2 saturated heterocycles. The van der Waals surface area contributed by atoms with Crippen LogP contribution in [0.15, 0.2) is 0 Å². The van der Waals surface area contributed by atoms with Gasteiger partial charge in [0, 0.05) is 13.1 Å². The lowest BCUT2D eigenvalue weighted by atomic mass is 9.71. The van der Waals surface area contributed by atoms with Gasteiger partial charge < -0.3 is 10.0 Å². The third-order valence-corrected chi connectivity index (χ3v) is 4.10. The molecule has 15 heavy (non-hydrogen) atoms. The topological polar surface area (TPSA) is 26.7 Å². The molecule has 0 aromatic rings. The molecule has 2 aliphatic heterocycles. The predicted octanol–water partition coefficient (Wildman–Crippen LogP) is 0.988. The van der Waals surface area contributed by atoms with Crippen LogP contribution in [0.25, 0.3) is 0 Å². The second kappa shape index (κ2) is 4.04. The number of hydrogen-bond donors (Lipinski definition) is 1. The van der Waals surface area contributed by atoms with Gasteiger partial charge in [-0.2, -0.15) is 0 Å². The molecule has 88 valence electrons. The molecule has 3 nitrogen and oxygen atoms in total. The first-order valence-electron chi connectivity index (χ1n) is 6.13. The minimum atomic E-state index is -0.227. The number of nitrogens with zero attached hydrogens (tertiary/aromatic N) is 2. The molecule has 0 aliphatic carbocycles. The van der Waals surface area contributed by atoms with Crippen LogP contribution in [0, 0.1) is 11.3 Å². The van der Waals surface area contributed by atoms with Crippen LogP contribution in [0.5, 0.6) is 0 Å². The van der Waals surface area contributed by atoms with Crippen LogP contribution in [0.3, 0.4) is 0 Å². The van der Waals surface area contributed by atoms with Crippen molar-refractivity contribution >= 4 is 0 Å². The molecule has 0 aromatic heterocycles. The van der Waals surface area contributed by atoms with Gasteiger partial charge in [-0.3, -0.25) is 4.90 Å². The fourth-order valence-corrected chi connectivity index (χ4v) is 2.83. The minimum Gasteiger partial charge on any atom is -0.378 e. The fourth-order valence-electron chi connectivity index (χ4n) is 2.83. The highest BCUT2D eigenvalue weighted by Crippen LogP contribution is 2.41. The third-order valence-electron chi connectivity index (χ3n) is 4.10. The molecule has 2 heterocycles. The number of hydrogen-bond acceptors (Lipinski definition) is 3. The zero-order valence-corrected chi connectivity index (χ0v) is 10.2. The molecule has 0 saturated carbocycles. The van der Waals surface area contributed by atoms with Gasteiger partial charge in [0.2, 0.25) is 0 Å². The monoisotopic (exact) mass is 212 g/mol. The average molecular weight is 212 g/mol. The molecule has 0 aromatic carbocycles. The largest absolute Gasteiger partial charge is 0.378 e. The van der Waals surface area contributed by atoms with Gasteiger partial charge in [0.05, 0.1) is 0 Å². The SMILES string of the molecule is CC(C)C(O)N1CC2(CCN(C)CC2)C1. The van der Waals surface area contributed by atoms with E-state index in [-0.39, 0.29) is 6.23 Å². The quantitative estimate of drug-likeness (QED) is 0.739. The van der Waals surface area contributed by atoms with Crippen molar-refractivity contribution < 1.29 is 5.11 Å². The zero-order valence-electron chi connectivity index (χ0n) is 10.2. The number of aliphatic hydroxyl groups is 1. The van der Waals surface area contributed by atoms with Gasteiger partial charge in [0.25, 0.3) is 0 Å². The Labute approximate surface area is 93.1 Å². The molecule has 2 fully saturated rings. The van der Waals surface area contributed by atoms with Crippen molar-refractivity contribution in [1.29, 1.82) is 0 Å². The lowest BCUT2D eigenvalue weighted by Gasteiger charge is -2.55. The summed E-state index contributed by atoms with van der Waals surface area (Å²) in [5.41, 5.74) is 0.544. The van der Waals surface area contributed by atoms with Gasteiger partial charge >= 0.3 is 0 Å². The highest BCUT2D eigenvalue weighted by atomic mass is 16.3. The Kier molecular flexibility index (Phi) is 3.06. The van der Waals surface area contributed by atoms with E-state index in [1.807, 2.05) is 0 Å². The summed E-state index contributed by atoms with van der Waals surface area (Å²) in [5, 5.41) is 9.93. The Hall–Kier alpha value is -0.120. The average Bonchev–Trinajstić information content (AvgIpc) is 2.15. The van der Waals surface area contributed by atoms with E-state index in [0.29, 0.717) is 11.3 Å². The molecule has 1 N–H and O–H groups in total. The first kappa shape index (κ1) is 11.4. The summed E-state index contributed by atoms with van der Waals surface area (Å²) in [6.07, 6.45) is 2.39.